The van der Waals surface area contributed by atoms with E-state index in [-0.39, 0.29) is 11.3 Å². The number of aliphatic carboxylic acids is 1. The number of hydrogen-bond donors (Lipinski definition) is 0. The Morgan fingerprint density at radius 2 is 2.08 bits per heavy atom. The lowest BCUT2D eigenvalue weighted by atomic mass is 10.0. The van der Waals surface area contributed by atoms with E-state index >= 15 is 0 Å². The molecule has 4 nitrogen and oxygen atoms in total. The van der Waals surface area contributed by atoms with Gasteiger partial charge in [-0.3, -0.25) is 0 Å². The molecule has 3 rings (SSSR count). The van der Waals surface area contributed by atoms with E-state index in [1.165, 1.54) is 12.1 Å². The number of anilines is 1. The maximum atomic E-state index is 13.2. The molecule has 1 unspecified atom stereocenters. The number of carbonyl (C=O) groups is 1. The number of rotatable bonds is 6. The van der Waals surface area contributed by atoms with Crippen LogP contribution in [0.15, 0.2) is 17.7 Å². The number of ether oxygens (including phenoxy) is 1. The number of alkyl halides is 3. The molecule has 1 aliphatic carbocycles. The van der Waals surface area contributed by atoms with E-state index in [0.717, 1.165) is 38.4 Å². The van der Waals surface area contributed by atoms with Crippen LogP contribution in [0.5, 0.6) is 5.75 Å². The smallest absolute Gasteiger partial charge is 0.429 e. The summed E-state index contributed by atoms with van der Waals surface area (Å²) in [5, 5.41) is 11.4. The number of carbonyl (C=O) groups excluding carboxylic acids is 1. The highest BCUT2D eigenvalue weighted by molar-refractivity contribution is 6.33. The van der Waals surface area contributed by atoms with Crippen molar-refractivity contribution in [1.29, 1.82) is 0 Å². The van der Waals surface area contributed by atoms with Crippen molar-refractivity contribution < 1.29 is 27.8 Å². The van der Waals surface area contributed by atoms with Crippen molar-refractivity contribution in [2.75, 3.05) is 18.0 Å². The fourth-order valence-corrected chi connectivity index (χ4v) is 3.34. The summed E-state index contributed by atoms with van der Waals surface area (Å²) < 4.78 is 44.6. The van der Waals surface area contributed by atoms with Crippen LogP contribution in [-0.4, -0.2) is 31.3 Å². The Labute approximate surface area is 154 Å². The molecule has 1 aromatic rings. The normalized spacial score (nSPS) is 19.4. The van der Waals surface area contributed by atoms with Crippen LogP contribution in [0.1, 0.15) is 31.7 Å². The van der Waals surface area contributed by atoms with Gasteiger partial charge in [-0.05, 0) is 37.3 Å². The van der Waals surface area contributed by atoms with Crippen LogP contribution in [0.3, 0.4) is 0 Å². The van der Waals surface area contributed by atoms with E-state index in [0.29, 0.717) is 16.6 Å². The minimum atomic E-state index is -4.86. The first-order chi connectivity index (χ1) is 12.2. The van der Waals surface area contributed by atoms with Gasteiger partial charge < -0.3 is 19.5 Å². The second kappa shape index (κ2) is 7.02. The van der Waals surface area contributed by atoms with Gasteiger partial charge in [0.05, 0.1) is 16.7 Å². The fourth-order valence-electron chi connectivity index (χ4n) is 3.05. The molecule has 0 N–H and O–H groups in total. The predicted molar refractivity (Wildman–Crippen MR) is 90.1 cm³/mol. The SMILES string of the molecule is CCCN(CC1CC1)c1cc2c(cc1Cl)C=C(C(=O)[O-])C(C(F)(F)F)O2. The zero-order valence-corrected chi connectivity index (χ0v) is 14.9. The number of fused-ring (bicyclic) bond motifs is 1. The Bertz CT molecular complexity index is 744. The molecule has 1 saturated carbocycles. The van der Waals surface area contributed by atoms with Gasteiger partial charge in [-0.1, -0.05) is 18.5 Å². The van der Waals surface area contributed by atoms with Gasteiger partial charge >= 0.3 is 6.18 Å². The van der Waals surface area contributed by atoms with E-state index < -0.39 is 23.8 Å². The number of benzene rings is 1. The molecular formula is C18H18ClF3NO3-. The highest BCUT2D eigenvalue weighted by Gasteiger charge is 2.46. The first-order valence-corrected chi connectivity index (χ1v) is 8.83. The van der Waals surface area contributed by atoms with Crippen molar-refractivity contribution in [2.24, 2.45) is 5.92 Å². The van der Waals surface area contributed by atoms with Crippen molar-refractivity contribution in [1.82, 2.24) is 0 Å². The molecule has 142 valence electrons. The van der Waals surface area contributed by atoms with E-state index in [4.69, 9.17) is 16.3 Å². The zero-order chi connectivity index (χ0) is 19.1. The summed E-state index contributed by atoms with van der Waals surface area (Å²) in [5.74, 6) is -1.38. The molecule has 1 atom stereocenters. The zero-order valence-electron chi connectivity index (χ0n) is 14.1. The van der Waals surface area contributed by atoms with Gasteiger partial charge in [-0.15, -0.1) is 0 Å². The summed E-state index contributed by atoms with van der Waals surface area (Å²) in [6.45, 7) is 3.52. The molecule has 0 aromatic heterocycles. The molecule has 26 heavy (non-hydrogen) atoms. The summed E-state index contributed by atoms with van der Waals surface area (Å²) in [6, 6.07) is 2.91. The van der Waals surface area contributed by atoms with Gasteiger partial charge in [0.25, 0.3) is 0 Å². The predicted octanol–water partition coefficient (Wildman–Crippen LogP) is 3.42. The molecule has 0 spiro atoms. The lowest BCUT2D eigenvalue weighted by Crippen LogP contribution is -2.44. The Balaban J connectivity index is 2.00. The van der Waals surface area contributed by atoms with Gasteiger partial charge in [0.1, 0.15) is 5.75 Å². The minimum Gasteiger partial charge on any atom is -0.545 e. The number of carboxylic acid groups (broad SMARTS) is 1. The second-order valence-corrected chi connectivity index (χ2v) is 7.06. The van der Waals surface area contributed by atoms with Crippen LogP contribution in [0.4, 0.5) is 18.9 Å². The molecule has 0 amide bonds. The lowest BCUT2D eigenvalue weighted by molar-refractivity contribution is -0.302. The lowest BCUT2D eigenvalue weighted by Gasteiger charge is -2.31. The van der Waals surface area contributed by atoms with Crippen LogP contribution >= 0.6 is 11.6 Å². The third-order valence-electron chi connectivity index (χ3n) is 4.46. The topological polar surface area (TPSA) is 52.6 Å². The number of halogens is 4. The molecule has 0 saturated heterocycles. The molecule has 0 bridgehead atoms. The Morgan fingerprint density at radius 1 is 1.38 bits per heavy atom. The largest absolute Gasteiger partial charge is 0.545 e. The van der Waals surface area contributed by atoms with Crippen LogP contribution in [0.2, 0.25) is 5.02 Å². The van der Waals surface area contributed by atoms with Crippen LogP contribution < -0.4 is 14.7 Å². The van der Waals surface area contributed by atoms with Gasteiger partial charge in [0.2, 0.25) is 6.10 Å². The fraction of sp³-hybridized carbons (Fsp3) is 0.500. The van der Waals surface area contributed by atoms with E-state index in [2.05, 4.69) is 0 Å². The number of carboxylic acids is 1. The molecule has 1 heterocycles. The van der Waals surface area contributed by atoms with E-state index in [9.17, 15) is 23.1 Å². The summed E-state index contributed by atoms with van der Waals surface area (Å²) in [4.78, 5) is 13.1. The van der Waals surface area contributed by atoms with Crippen molar-refractivity contribution in [3.63, 3.8) is 0 Å². The Morgan fingerprint density at radius 3 is 2.62 bits per heavy atom. The van der Waals surface area contributed by atoms with Gasteiger partial charge in [0.15, 0.2) is 0 Å². The molecule has 2 aliphatic rings. The highest BCUT2D eigenvalue weighted by atomic mass is 35.5. The third kappa shape index (κ3) is 3.92. The quantitative estimate of drug-likeness (QED) is 0.749. The minimum absolute atomic E-state index is 0.0337. The highest BCUT2D eigenvalue weighted by Crippen LogP contribution is 2.42. The van der Waals surface area contributed by atoms with Crippen LogP contribution in [0, 0.1) is 5.92 Å². The number of nitrogens with zero attached hydrogens (tertiary/aromatic N) is 1. The van der Waals surface area contributed by atoms with Gasteiger partial charge in [0, 0.05) is 30.3 Å². The molecular weight excluding hydrogens is 371 g/mol. The second-order valence-electron chi connectivity index (χ2n) is 6.66. The average molecular weight is 389 g/mol. The van der Waals surface area contributed by atoms with Crippen molar-refractivity contribution >= 4 is 29.3 Å². The average Bonchev–Trinajstić information content (AvgIpc) is 3.35. The molecule has 1 fully saturated rings. The van der Waals surface area contributed by atoms with Crippen LogP contribution in [0.25, 0.3) is 6.08 Å². The first kappa shape index (κ1) is 18.9. The molecule has 8 heteroatoms. The Kier molecular flexibility index (Phi) is 5.10. The maximum Gasteiger partial charge on any atom is 0.429 e. The third-order valence-corrected chi connectivity index (χ3v) is 4.76. The summed E-state index contributed by atoms with van der Waals surface area (Å²) in [6.07, 6.45) is -3.37. The van der Waals surface area contributed by atoms with Crippen LogP contribution in [-0.2, 0) is 4.79 Å². The van der Waals surface area contributed by atoms with Crippen molar-refractivity contribution in [3.8, 4) is 5.75 Å². The number of hydrogen-bond acceptors (Lipinski definition) is 4. The van der Waals surface area contributed by atoms with Gasteiger partial charge in [-0.25, -0.2) is 0 Å². The Hall–Kier alpha value is -1.89. The summed E-state index contributed by atoms with van der Waals surface area (Å²) >= 11 is 6.34. The van der Waals surface area contributed by atoms with E-state index in [1.54, 1.807) is 0 Å². The van der Waals surface area contributed by atoms with E-state index in [1.807, 2.05) is 11.8 Å². The molecule has 0 radical (unpaired) electrons. The summed E-state index contributed by atoms with van der Waals surface area (Å²) in [5.41, 5.74) is -0.163. The van der Waals surface area contributed by atoms with Crippen molar-refractivity contribution in [3.05, 3.63) is 28.3 Å². The summed E-state index contributed by atoms with van der Waals surface area (Å²) in [7, 11) is 0. The monoisotopic (exact) mass is 388 g/mol. The molecule has 1 aliphatic heterocycles. The molecule has 1 aromatic carbocycles. The van der Waals surface area contributed by atoms with Crippen molar-refractivity contribution in [2.45, 2.75) is 38.5 Å². The maximum absolute atomic E-state index is 13.2. The standard InChI is InChI=1S/C18H19ClF3NO3/c1-2-5-23(9-10-3-4-10)14-8-15-11(7-13(14)19)6-12(17(24)25)16(26-15)18(20,21)22/h6-8,10,16H,2-5,9H2,1H3,(H,24,25)/p-1. The first-order valence-electron chi connectivity index (χ1n) is 8.45. The van der Waals surface area contributed by atoms with Gasteiger partial charge in [-0.2, -0.15) is 13.2 Å².